The molecule has 1 aliphatic rings. The highest BCUT2D eigenvalue weighted by Crippen LogP contribution is 2.31. The number of carbonyl (C=O) groups excluding carboxylic acids is 2. The molecule has 1 aromatic carbocycles. The molecule has 2 aromatic rings. The summed E-state index contributed by atoms with van der Waals surface area (Å²) >= 11 is 1.83. The number of benzene rings is 1. The zero-order valence-electron chi connectivity index (χ0n) is 16.8. The van der Waals surface area contributed by atoms with Gasteiger partial charge in [-0.3, -0.25) is 9.59 Å². The van der Waals surface area contributed by atoms with Crippen LogP contribution in [0.2, 0.25) is 0 Å². The van der Waals surface area contributed by atoms with Gasteiger partial charge < -0.3 is 25.0 Å². The number of hydrogen-bond acceptors (Lipinski definition) is 6. The van der Waals surface area contributed by atoms with E-state index in [1.807, 2.05) is 11.3 Å². The third kappa shape index (κ3) is 5.71. The standard InChI is InChI=1S/C21H27N3O4S/c1-27-17-6-5-16(14-18(17)28-2)23-21(26)20(25)22-9-12-24-10-7-15(8-11-24)19-4-3-13-29-19/h3-6,13-15H,7-12H2,1-2H3,(H,22,25)(H,23,26). The van der Waals surface area contributed by atoms with Crippen LogP contribution in [0.1, 0.15) is 23.6 Å². The average molecular weight is 418 g/mol. The first kappa shape index (κ1) is 21.1. The monoisotopic (exact) mass is 417 g/mol. The molecule has 2 heterocycles. The molecule has 156 valence electrons. The van der Waals surface area contributed by atoms with Gasteiger partial charge in [-0.2, -0.15) is 0 Å². The zero-order chi connectivity index (χ0) is 20.6. The maximum atomic E-state index is 12.1. The maximum absolute atomic E-state index is 12.1. The molecule has 0 atom stereocenters. The molecule has 8 heteroatoms. The minimum Gasteiger partial charge on any atom is -0.493 e. The van der Waals surface area contributed by atoms with Crippen LogP contribution in [0.3, 0.4) is 0 Å². The Kier molecular flexibility index (Phi) is 7.48. The number of ether oxygens (including phenoxy) is 2. The number of anilines is 1. The highest BCUT2D eigenvalue weighted by atomic mass is 32.1. The van der Waals surface area contributed by atoms with Crippen LogP contribution in [0.5, 0.6) is 11.5 Å². The smallest absolute Gasteiger partial charge is 0.313 e. The molecule has 0 saturated carbocycles. The molecule has 0 unspecified atom stereocenters. The van der Waals surface area contributed by atoms with Crippen LogP contribution in [-0.2, 0) is 9.59 Å². The van der Waals surface area contributed by atoms with E-state index in [9.17, 15) is 9.59 Å². The van der Waals surface area contributed by atoms with Crippen LogP contribution in [0.4, 0.5) is 5.69 Å². The van der Waals surface area contributed by atoms with Gasteiger partial charge in [0.25, 0.3) is 0 Å². The Morgan fingerprint density at radius 3 is 2.52 bits per heavy atom. The number of nitrogens with one attached hydrogen (secondary N) is 2. The van der Waals surface area contributed by atoms with Crippen LogP contribution < -0.4 is 20.1 Å². The van der Waals surface area contributed by atoms with E-state index < -0.39 is 11.8 Å². The maximum Gasteiger partial charge on any atom is 0.313 e. The summed E-state index contributed by atoms with van der Waals surface area (Å²) in [5.74, 6) is 0.337. The zero-order valence-corrected chi connectivity index (χ0v) is 17.6. The molecule has 0 bridgehead atoms. The second-order valence-electron chi connectivity index (χ2n) is 6.91. The van der Waals surface area contributed by atoms with Crippen molar-refractivity contribution in [3.05, 3.63) is 40.6 Å². The van der Waals surface area contributed by atoms with Gasteiger partial charge in [0.15, 0.2) is 11.5 Å². The summed E-state index contributed by atoms with van der Waals surface area (Å²) in [6, 6.07) is 9.26. The Morgan fingerprint density at radius 2 is 1.86 bits per heavy atom. The molecule has 0 aliphatic carbocycles. The fourth-order valence-corrected chi connectivity index (χ4v) is 4.37. The van der Waals surface area contributed by atoms with Crippen LogP contribution >= 0.6 is 11.3 Å². The number of carbonyl (C=O) groups is 2. The van der Waals surface area contributed by atoms with Crippen molar-refractivity contribution in [1.82, 2.24) is 10.2 Å². The highest BCUT2D eigenvalue weighted by molar-refractivity contribution is 7.10. The van der Waals surface area contributed by atoms with Crippen LogP contribution in [0.15, 0.2) is 35.7 Å². The van der Waals surface area contributed by atoms with Gasteiger partial charge in [-0.05, 0) is 55.4 Å². The van der Waals surface area contributed by atoms with Gasteiger partial charge in [0, 0.05) is 29.7 Å². The lowest BCUT2D eigenvalue weighted by Crippen LogP contribution is -2.42. The van der Waals surface area contributed by atoms with Crippen molar-refractivity contribution in [2.45, 2.75) is 18.8 Å². The lowest BCUT2D eigenvalue weighted by molar-refractivity contribution is -0.136. The average Bonchev–Trinajstić information content (AvgIpc) is 3.29. The summed E-state index contributed by atoms with van der Waals surface area (Å²) in [6.07, 6.45) is 2.27. The molecule has 1 saturated heterocycles. The molecule has 7 nitrogen and oxygen atoms in total. The molecule has 1 fully saturated rings. The van der Waals surface area contributed by atoms with E-state index in [4.69, 9.17) is 9.47 Å². The molecule has 0 radical (unpaired) electrons. The second-order valence-corrected chi connectivity index (χ2v) is 7.89. The minimum atomic E-state index is -0.700. The van der Waals surface area contributed by atoms with Gasteiger partial charge in [0.1, 0.15) is 0 Å². The molecule has 3 rings (SSSR count). The summed E-state index contributed by atoms with van der Waals surface area (Å²) in [7, 11) is 3.05. The number of likely N-dealkylation sites (tertiary alicyclic amines) is 1. The summed E-state index contributed by atoms with van der Waals surface area (Å²) in [5, 5.41) is 7.40. The predicted molar refractivity (Wildman–Crippen MR) is 114 cm³/mol. The van der Waals surface area contributed by atoms with Crippen molar-refractivity contribution in [3.8, 4) is 11.5 Å². The summed E-state index contributed by atoms with van der Waals surface area (Å²) in [4.78, 5) is 28.0. The topological polar surface area (TPSA) is 79.9 Å². The van der Waals surface area contributed by atoms with Crippen molar-refractivity contribution in [2.24, 2.45) is 0 Å². The van der Waals surface area contributed by atoms with E-state index in [0.717, 1.165) is 32.5 Å². The number of hydrogen-bond donors (Lipinski definition) is 2. The predicted octanol–water partition coefficient (Wildman–Crippen LogP) is 2.70. The van der Waals surface area contributed by atoms with Crippen molar-refractivity contribution in [3.63, 3.8) is 0 Å². The molecular formula is C21H27N3O4S. The first-order valence-corrected chi connectivity index (χ1v) is 10.6. The van der Waals surface area contributed by atoms with Gasteiger partial charge in [-0.25, -0.2) is 0 Å². The molecule has 0 spiro atoms. The third-order valence-electron chi connectivity index (χ3n) is 5.09. The van der Waals surface area contributed by atoms with Gasteiger partial charge in [-0.1, -0.05) is 6.07 Å². The lowest BCUT2D eigenvalue weighted by Gasteiger charge is -2.31. The highest BCUT2D eigenvalue weighted by Gasteiger charge is 2.21. The van der Waals surface area contributed by atoms with E-state index in [0.29, 0.717) is 29.6 Å². The molecule has 1 aliphatic heterocycles. The third-order valence-corrected chi connectivity index (χ3v) is 6.13. The van der Waals surface area contributed by atoms with Crippen molar-refractivity contribution >= 4 is 28.8 Å². The largest absolute Gasteiger partial charge is 0.493 e. The molecule has 1 aromatic heterocycles. The van der Waals surface area contributed by atoms with E-state index in [2.05, 4.69) is 33.0 Å². The summed E-state index contributed by atoms with van der Waals surface area (Å²) < 4.78 is 10.4. The van der Waals surface area contributed by atoms with Crippen LogP contribution in [0, 0.1) is 0 Å². The first-order valence-electron chi connectivity index (χ1n) is 9.67. The van der Waals surface area contributed by atoms with E-state index in [1.165, 1.54) is 19.1 Å². The van der Waals surface area contributed by atoms with Crippen LogP contribution in [-0.4, -0.2) is 57.1 Å². The molecular weight excluding hydrogens is 390 g/mol. The Morgan fingerprint density at radius 1 is 1.10 bits per heavy atom. The minimum absolute atomic E-state index is 0.446. The fourth-order valence-electron chi connectivity index (χ4n) is 3.47. The fraction of sp³-hybridized carbons (Fsp3) is 0.429. The van der Waals surface area contributed by atoms with Crippen LogP contribution in [0.25, 0.3) is 0 Å². The Bertz CT molecular complexity index is 817. The van der Waals surface area contributed by atoms with E-state index in [-0.39, 0.29) is 0 Å². The number of methoxy groups -OCH3 is 2. The van der Waals surface area contributed by atoms with E-state index in [1.54, 1.807) is 18.2 Å². The molecule has 29 heavy (non-hydrogen) atoms. The summed E-state index contributed by atoms with van der Waals surface area (Å²) in [5.41, 5.74) is 0.471. The first-order chi connectivity index (χ1) is 14.1. The molecule has 2 amide bonds. The number of rotatable bonds is 7. The Hall–Kier alpha value is -2.58. The number of piperidine rings is 1. The van der Waals surface area contributed by atoms with Gasteiger partial charge in [0.05, 0.1) is 14.2 Å². The van der Waals surface area contributed by atoms with Crippen molar-refractivity contribution in [1.29, 1.82) is 0 Å². The normalized spacial score (nSPS) is 15.0. The van der Waals surface area contributed by atoms with Crippen molar-refractivity contribution < 1.29 is 19.1 Å². The number of thiophene rings is 1. The number of nitrogens with zero attached hydrogens (tertiary/aromatic N) is 1. The Labute approximate surface area is 175 Å². The summed E-state index contributed by atoms with van der Waals surface area (Å²) in [6.45, 7) is 3.21. The quantitative estimate of drug-likeness (QED) is 0.677. The van der Waals surface area contributed by atoms with Gasteiger partial charge >= 0.3 is 11.8 Å². The van der Waals surface area contributed by atoms with Gasteiger partial charge in [0.2, 0.25) is 0 Å². The number of amides is 2. The SMILES string of the molecule is COc1ccc(NC(=O)C(=O)NCCN2CCC(c3cccs3)CC2)cc1OC. The second kappa shape index (κ2) is 10.3. The lowest BCUT2D eigenvalue weighted by atomic mass is 9.95. The van der Waals surface area contributed by atoms with Gasteiger partial charge in [-0.15, -0.1) is 11.3 Å². The van der Waals surface area contributed by atoms with Crippen molar-refractivity contribution in [2.75, 3.05) is 45.7 Å². The Balaban J connectivity index is 1.39. The van der Waals surface area contributed by atoms with E-state index >= 15 is 0 Å². The molecule has 2 N–H and O–H groups in total.